The summed E-state index contributed by atoms with van der Waals surface area (Å²) in [4.78, 5) is 1.14. The lowest BCUT2D eigenvalue weighted by molar-refractivity contribution is 0.494. The lowest BCUT2D eigenvalue weighted by atomic mass is 10.1. The number of nitrogens with one attached hydrogen (secondary N) is 1. The third kappa shape index (κ3) is 2.33. The summed E-state index contributed by atoms with van der Waals surface area (Å²) in [5.74, 6) is 0.532. The van der Waals surface area contributed by atoms with E-state index in [-0.39, 0.29) is 11.9 Å². The van der Waals surface area contributed by atoms with Crippen LogP contribution in [0.2, 0.25) is 0 Å². The van der Waals surface area contributed by atoms with Crippen molar-refractivity contribution < 1.29 is 8.81 Å². The van der Waals surface area contributed by atoms with E-state index in [2.05, 4.69) is 21.2 Å². The SMILES string of the molecule is CNC(c1cc2cc(F)ccc2o1)c1sccc1Br. The van der Waals surface area contributed by atoms with E-state index in [1.54, 1.807) is 17.4 Å². The van der Waals surface area contributed by atoms with Crippen molar-refractivity contribution in [2.24, 2.45) is 0 Å². The Bertz CT molecular complexity index is 721. The van der Waals surface area contributed by atoms with Gasteiger partial charge in [-0.2, -0.15) is 0 Å². The number of rotatable bonds is 3. The molecule has 0 spiro atoms. The maximum Gasteiger partial charge on any atom is 0.134 e. The molecule has 0 aliphatic heterocycles. The second kappa shape index (κ2) is 5.07. The number of benzene rings is 1. The molecule has 0 saturated heterocycles. The first-order valence-corrected chi connectivity index (χ1v) is 7.45. The van der Waals surface area contributed by atoms with E-state index in [1.807, 2.05) is 24.6 Å². The Balaban J connectivity index is 2.09. The molecule has 1 N–H and O–H groups in total. The predicted molar refractivity (Wildman–Crippen MR) is 79.1 cm³/mol. The normalized spacial score (nSPS) is 13.0. The van der Waals surface area contributed by atoms with Crippen molar-refractivity contribution in [3.63, 3.8) is 0 Å². The van der Waals surface area contributed by atoms with Crippen LogP contribution >= 0.6 is 27.3 Å². The molecule has 0 radical (unpaired) electrons. The molecule has 0 bridgehead atoms. The number of fused-ring (bicyclic) bond motifs is 1. The number of halogens is 2. The van der Waals surface area contributed by atoms with E-state index in [1.165, 1.54) is 12.1 Å². The first kappa shape index (κ1) is 12.8. The van der Waals surface area contributed by atoms with Crippen molar-refractivity contribution in [1.82, 2.24) is 5.32 Å². The van der Waals surface area contributed by atoms with Gasteiger partial charge in [0.25, 0.3) is 0 Å². The average molecular weight is 340 g/mol. The van der Waals surface area contributed by atoms with E-state index < -0.39 is 0 Å². The minimum atomic E-state index is -0.252. The van der Waals surface area contributed by atoms with E-state index in [9.17, 15) is 4.39 Å². The summed E-state index contributed by atoms with van der Waals surface area (Å²) in [5, 5.41) is 6.03. The van der Waals surface area contributed by atoms with Crippen LogP contribution in [0.25, 0.3) is 11.0 Å². The average Bonchev–Trinajstić information content (AvgIpc) is 2.97. The van der Waals surface area contributed by atoms with E-state index in [0.717, 1.165) is 20.5 Å². The Morgan fingerprint density at radius 2 is 2.16 bits per heavy atom. The molecule has 0 saturated carbocycles. The molecule has 2 nitrogen and oxygen atoms in total. The molecule has 98 valence electrons. The van der Waals surface area contributed by atoms with Crippen LogP contribution in [0.3, 0.4) is 0 Å². The molecule has 0 aliphatic rings. The van der Waals surface area contributed by atoms with Crippen molar-refractivity contribution in [2.45, 2.75) is 6.04 Å². The summed E-state index contributed by atoms with van der Waals surface area (Å²) in [6.07, 6.45) is 0. The quantitative estimate of drug-likeness (QED) is 0.747. The molecule has 2 aromatic heterocycles. The van der Waals surface area contributed by atoms with Gasteiger partial charge < -0.3 is 9.73 Å². The highest BCUT2D eigenvalue weighted by Crippen LogP contribution is 2.35. The zero-order chi connectivity index (χ0) is 13.4. The van der Waals surface area contributed by atoms with Gasteiger partial charge in [-0.3, -0.25) is 0 Å². The molecule has 0 fully saturated rings. The third-order valence-electron chi connectivity index (χ3n) is 2.98. The van der Waals surface area contributed by atoms with Crippen molar-refractivity contribution >= 4 is 38.2 Å². The van der Waals surface area contributed by atoms with Crippen LogP contribution in [0.1, 0.15) is 16.7 Å². The lowest BCUT2D eigenvalue weighted by Gasteiger charge is -2.12. The number of hydrogen-bond acceptors (Lipinski definition) is 3. The minimum absolute atomic E-state index is 0.0372. The van der Waals surface area contributed by atoms with Gasteiger partial charge in [-0.05, 0) is 58.7 Å². The van der Waals surface area contributed by atoms with Gasteiger partial charge in [0, 0.05) is 14.7 Å². The minimum Gasteiger partial charge on any atom is -0.459 e. The maximum absolute atomic E-state index is 13.2. The third-order valence-corrected chi connectivity index (χ3v) is 4.91. The monoisotopic (exact) mass is 339 g/mol. The van der Waals surface area contributed by atoms with E-state index in [0.29, 0.717) is 5.58 Å². The van der Waals surface area contributed by atoms with Crippen LogP contribution in [0.5, 0.6) is 0 Å². The van der Waals surface area contributed by atoms with Crippen LogP contribution in [0.15, 0.2) is 44.6 Å². The van der Waals surface area contributed by atoms with Gasteiger partial charge >= 0.3 is 0 Å². The first-order chi connectivity index (χ1) is 9.19. The largest absolute Gasteiger partial charge is 0.459 e. The van der Waals surface area contributed by atoms with Gasteiger partial charge in [-0.15, -0.1) is 11.3 Å². The number of furan rings is 1. The van der Waals surface area contributed by atoms with Crippen LogP contribution in [0.4, 0.5) is 4.39 Å². The summed E-state index contributed by atoms with van der Waals surface area (Å²) in [7, 11) is 1.88. The molecule has 3 aromatic rings. The fourth-order valence-corrected chi connectivity index (χ4v) is 3.81. The highest BCUT2D eigenvalue weighted by Gasteiger charge is 2.20. The Labute approximate surface area is 122 Å². The molecule has 3 rings (SSSR count). The molecule has 2 heterocycles. The predicted octanol–water partition coefficient (Wildman–Crippen LogP) is 4.70. The van der Waals surface area contributed by atoms with Crippen molar-refractivity contribution in [3.8, 4) is 0 Å². The summed E-state index contributed by atoms with van der Waals surface area (Å²) in [6, 6.07) is 8.40. The molecule has 1 atom stereocenters. The second-order valence-electron chi connectivity index (χ2n) is 4.19. The van der Waals surface area contributed by atoms with Gasteiger partial charge in [-0.25, -0.2) is 4.39 Å². The van der Waals surface area contributed by atoms with Crippen LogP contribution in [-0.2, 0) is 0 Å². The fraction of sp³-hybridized carbons (Fsp3) is 0.143. The molecular formula is C14H11BrFNOS. The van der Waals surface area contributed by atoms with Gasteiger partial charge in [-0.1, -0.05) is 0 Å². The van der Waals surface area contributed by atoms with E-state index >= 15 is 0 Å². The molecule has 0 aliphatic carbocycles. The zero-order valence-electron chi connectivity index (χ0n) is 10.1. The summed E-state index contributed by atoms with van der Waals surface area (Å²) in [5.41, 5.74) is 0.698. The lowest BCUT2D eigenvalue weighted by Crippen LogP contribution is -2.16. The van der Waals surface area contributed by atoms with Gasteiger partial charge in [0.05, 0.1) is 0 Å². The Kier molecular flexibility index (Phi) is 3.43. The van der Waals surface area contributed by atoms with E-state index in [4.69, 9.17) is 4.42 Å². The van der Waals surface area contributed by atoms with Gasteiger partial charge in [0.15, 0.2) is 0 Å². The molecule has 19 heavy (non-hydrogen) atoms. The fourth-order valence-electron chi connectivity index (χ4n) is 2.09. The number of hydrogen-bond donors (Lipinski definition) is 1. The van der Waals surface area contributed by atoms with Crippen molar-refractivity contribution in [2.75, 3.05) is 7.05 Å². The summed E-state index contributed by atoms with van der Waals surface area (Å²) < 4.78 is 20.1. The highest BCUT2D eigenvalue weighted by atomic mass is 79.9. The highest BCUT2D eigenvalue weighted by molar-refractivity contribution is 9.10. The van der Waals surface area contributed by atoms with Crippen LogP contribution in [-0.4, -0.2) is 7.05 Å². The van der Waals surface area contributed by atoms with Crippen molar-refractivity contribution in [1.29, 1.82) is 0 Å². The Morgan fingerprint density at radius 1 is 1.32 bits per heavy atom. The zero-order valence-corrected chi connectivity index (χ0v) is 12.5. The molecule has 1 unspecified atom stereocenters. The molecule has 1 aromatic carbocycles. The Morgan fingerprint density at radius 3 is 2.84 bits per heavy atom. The van der Waals surface area contributed by atoms with Gasteiger partial charge in [0.1, 0.15) is 23.2 Å². The second-order valence-corrected chi connectivity index (χ2v) is 5.99. The molecule has 0 amide bonds. The first-order valence-electron chi connectivity index (χ1n) is 5.78. The summed E-state index contributed by atoms with van der Waals surface area (Å²) >= 11 is 5.18. The smallest absolute Gasteiger partial charge is 0.134 e. The molecular weight excluding hydrogens is 329 g/mol. The van der Waals surface area contributed by atoms with Crippen LogP contribution < -0.4 is 5.32 Å². The van der Waals surface area contributed by atoms with Crippen molar-refractivity contribution in [3.05, 3.63) is 56.6 Å². The standard InChI is InChI=1S/C14H11BrFNOS/c1-17-13(14-10(15)4-5-19-14)12-7-8-6-9(16)2-3-11(8)18-12/h2-7,13,17H,1H3. The maximum atomic E-state index is 13.2. The molecule has 5 heteroatoms. The van der Waals surface area contributed by atoms with Gasteiger partial charge in [0.2, 0.25) is 0 Å². The van der Waals surface area contributed by atoms with Crippen LogP contribution in [0, 0.1) is 5.82 Å². The topological polar surface area (TPSA) is 25.2 Å². The number of thiophene rings is 1. The summed E-state index contributed by atoms with van der Waals surface area (Å²) in [6.45, 7) is 0. The Hall–Kier alpha value is -1.17.